The lowest BCUT2D eigenvalue weighted by Crippen LogP contribution is -1.99. The Balaban J connectivity index is 3.95. The van der Waals surface area contributed by atoms with Crippen LogP contribution in [0.25, 0.3) is 0 Å². The van der Waals surface area contributed by atoms with Gasteiger partial charge in [-0.25, -0.2) is 0 Å². The number of rotatable bonds is 2. The summed E-state index contributed by atoms with van der Waals surface area (Å²) in [4.78, 5) is 0. The molecule has 0 aliphatic rings. The lowest BCUT2D eigenvalue weighted by Gasteiger charge is -1.91. The zero-order valence-electron chi connectivity index (χ0n) is 3.67. The van der Waals surface area contributed by atoms with Crippen molar-refractivity contribution >= 4 is 10.4 Å². The first kappa shape index (κ1) is 7.38. The second kappa shape index (κ2) is 2.10. The van der Waals surface area contributed by atoms with Crippen molar-refractivity contribution in [2.24, 2.45) is 0 Å². The van der Waals surface area contributed by atoms with E-state index in [0.717, 1.165) is 0 Å². The molecule has 6 heteroatoms. The fourth-order valence-corrected chi connectivity index (χ4v) is 0.343. The fraction of sp³-hybridized carbons (Fsp3) is 0. The van der Waals surface area contributed by atoms with E-state index in [-0.39, 0.29) is 0 Å². The molecular formula is C2H3FO4S. The Hall–Kier alpha value is -0.620. The van der Waals surface area contributed by atoms with Gasteiger partial charge in [0.15, 0.2) is 0 Å². The molecule has 0 atom stereocenters. The van der Waals surface area contributed by atoms with Crippen molar-refractivity contribution in [1.29, 1.82) is 0 Å². The zero-order valence-corrected chi connectivity index (χ0v) is 4.48. The van der Waals surface area contributed by atoms with Crippen LogP contribution in [0.5, 0.6) is 0 Å². The minimum absolute atomic E-state index is 1.56. The highest BCUT2D eigenvalue weighted by atomic mass is 32.3. The lowest BCUT2D eigenvalue weighted by atomic mass is 11.1. The van der Waals surface area contributed by atoms with Gasteiger partial charge in [0.2, 0.25) is 0 Å². The average molecular weight is 142 g/mol. The molecule has 0 aromatic rings. The van der Waals surface area contributed by atoms with Crippen LogP contribution in [-0.2, 0) is 14.6 Å². The molecule has 0 unspecified atom stereocenters. The molecule has 0 heterocycles. The van der Waals surface area contributed by atoms with Crippen LogP contribution < -0.4 is 0 Å². The zero-order chi connectivity index (χ0) is 6.78. The van der Waals surface area contributed by atoms with Gasteiger partial charge in [-0.15, -0.1) is 0 Å². The first-order chi connectivity index (χ1) is 3.42. The van der Waals surface area contributed by atoms with Crippen LogP contribution in [0.1, 0.15) is 0 Å². The molecule has 0 saturated heterocycles. The van der Waals surface area contributed by atoms with Gasteiger partial charge in [-0.3, -0.25) is 4.55 Å². The number of hydrogen-bond acceptors (Lipinski definition) is 3. The summed E-state index contributed by atoms with van der Waals surface area (Å²) in [6.45, 7) is 2.41. The smallest absolute Gasteiger partial charge is 0.332 e. The SMILES string of the molecule is C=C(F)OS(=O)(=O)O. The summed E-state index contributed by atoms with van der Waals surface area (Å²) in [5.74, 6) is 0. The Morgan fingerprint density at radius 1 is 1.75 bits per heavy atom. The molecule has 0 saturated carbocycles. The second-order valence-corrected chi connectivity index (χ2v) is 1.89. The monoisotopic (exact) mass is 142 g/mol. The Morgan fingerprint density at radius 2 is 2.12 bits per heavy atom. The Labute approximate surface area is 45.5 Å². The minimum Gasteiger partial charge on any atom is -0.332 e. The third-order valence-electron chi connectivity index (χ3n) is 0.196. The van der Waals surface area contributed by atoms with Crippen LogP contribution in [0, 0.1) is 0 Å². The summed E-state index contributed by atoms with van der Waals surface area (Å²) >= 11 is 0. The molecular weight excluding hydrogens is 139 g/mol. The molecule has 0 aromatic carbocycles. The van der Waals surface area contributed by atoms with Gasteiger partial charge in [-0.2, -0.15) is 12.8 Å². The minimum atomic E-state index is -4.70. The van der Waals surface area contributed by atoms with E-state index in [1.54, 1.807) is 0 Å². The summed E-state index contributed by atoms with van der Waals surface area (Å²) in [5.41, 5.74) is 0. The normalized spacial score (nSPS) is 10.8. The predicted molar refractivity (Wildman–Crippen MR) is 22.9 cm³/mol. The van der Waals surface area contributed by atoms with E-state index in [4.69, 9.17) is 4.55 Å². The van der Waals surface area contributed by atoms with Crippen molar-refractivity contribution in [2.45, 2.75) is 0 Å². The largest absolute Gasteiger partial charge is 0.448 e. The maximum atomic E-state index is 11.2. The maximum absolute atomic E-state index is 11.2. The summed E-state index contributed by atoms with van der Waals surface area (Å²) in [6, 6.07) is -1.56. The van der Waals surface area contributed by atoms with E-state index in [2.05, 4.69) is 10.8 Å². The van der Waals surface area contributed by atoms with Crippen molar-refractivity contribution in [1.82, 2.24) is 0 Å². The molecule has 48 valence electrons. The summed E-state index contributed by atoms with van der Waals surface area (Å²) in [6.07, 6.45) is 0. The van der Waals surface area contributed by atoms with Crippen LogP contribution >= 0.6 is 0 Å². The van der Waals surface area contributed by atoms with Gasteiger partial charge < -0.3 is 4.18 Å². The highest BCUT2D eigenvalue weighted by Crippen LogP contribution is 1.97. The summed E-state index contributed by atoms with van der Waals surface area (Å²) in [5, 5.41) is 0. The van der Waals surface area contributed by atoms with Gasteiger partial charge in [-0.1, -0.05) is 0 Å². The van der Waals surface area contributed by atoms with Gasteiger partial charge in [-0.05, 0) is 6.58 Å². The Bertz CT molecular complexity index is 180. The van der Waals surface area contributed by atoms with E-state index in [1.165, 1.54) is 0 Å². The van der Waals surface area contributed by atoms with Crippen molar-refractivity contribution < 1.29 is 21.5 Å². The molecule has 0 aliphatic carbocycles. The fourth-order valence-electron chi connectivity index (χ4n) is 0.114. The van der Waals surface area contributed by atoms with Crippen LogP contribution in [-0.4, -0.2) is 13.0 Å². The van der Waals surface area contributed by atoms with Crippen molar-refractivity contribution in [3.05, 3.63) is 12.6 Å². The first-order valence-corrected chi connectivity index (χ1v) is 2.79. The molecule has 1 N–H and O–H groups in total. The Morgan fingerprint density at radius 3 is 2.12 bits per heavy atom. The van der Waals surface area contributed by atoms with Gasteiger partial charge in [0.1, 0.15) is 0 Å². The van der Waals surface area contributed by atoms with E-state index in [1.807, 2.05) is 0 Å². The molecule has 0 spiro atoms. The van der Waals surface area contributed by atoms with Crippen molar-refractivity contribution in [3.63, 3.8) is 0 Å². The highest BCUT2D eigenvalue weighted by molar-refractivity contribution is 7.81. The molecule has 0 aromatic heterocycles. The average Bonchev–Trinajstić information content (AvgIpc) is 1.21. The van der Waals surface area contributed by atoms with Crippen LogP contribution in [0.3, 0.4) is 0 Å². The summed E-state index contributed by atoms with van der Waals surface area (Å²) in [7, 11) is -4.70. The standard InChI is InChI=1S/C2H3FO4S/c1-2(3)7-8(4,5)6/h1H2,(H,4,5,6). The van der Waals surface area contributed by atoms with Crippen molar-refractivity contribution in [2.75, 3.05) is 0 Å². The number of hydrogen-bond donors (Lipinski definition) is 1. The third kappa shape index (κ3) is 5.38. The van der Waals surface area contributed by atoms with Gasteiger partial charge in [0.25, 0.3) is 6.01 Å². The molecule has 0 rings (SSSR count). The lowest BCUT2D eigenvalue weighted by molar-refractivity contribution is 0.267. The van der Waals surface area contributed by atoms with Crippen molar-refractivity contribution in [3.8, 4) is 0 Å². The van der Waals surface area contributed by atoms with E-state index in [0.29, 0.717) is 0 Å². The van der Waals surface area contributed by atoms with E-state index < -0.39 is 16.4 Å². The third-order valence-corrected chi connectivity index (χ3v) is 0.587. The first-order valence-electron chi connectivity index (χ1n) is 1.43. The summed E-state index contributed by atoms with van der Waals surface area (Å²) < 4.78 is 40.9. The topological polar surface area (TPSA) is 63.6 Å². The van der Waals surface area contributed by atoms with Gasteiger partial charge >= 0.3 is 10.4 Å². The second-order valence-electron chi connectivity index (χ2n) is 0.866. The molecule has 0 radical (unpaired) electrons. The van der Waals surface area contributed by atoms with Gasteiger partial charge in [0, 0.05) is 0 Å². The molecule has 0 amide bonds. The quantitative estimate of drug-likeness (QED) is 0.443. The van der Waals surface area contributed by atoms with E-state index in [9.17, 15) is 12.8 Å². The molecule has 0 aliphatic heterocycles. The van der Waals surface area contributed by atoms with E-state index >= 15 is 0 Å². The molecule has 0 bridgehead atoms. The highest BCUT2D eigenvalue weighted by Gasteiger charge is 2.04. The maximum Gasteiger partial charge on any atom is 0.448 e. The molecule has 0 fully saturated rings. The molecule has 8 heavy (non-hydrogen) atoms. The van der Waals surface area contributed by atoms with Gasteiger partial charge in [0.05, 0.1) is 0 Å². The molecule has 4 nitrogen and oxygen atoms in total. The number of halogens is 1. The van der Waals surface area contributed by atoms with Crippen LogP contribution in [0.2, 0.25) is 0 Å². The Kier molecular flexibility index (Phi) is 1.94. The van der Waals surface area contributed by atoms with Crippen LogP contribution in [0.4, 0.5) is 4.39 Å². The van der Waals surface area contributed by atoms with Crippen LogP contribution in [0.15, 0.2) is 12.6 Å². The predicted octanol–water partition coefficient (Wildman–Crippen LogP) is 0.246.